The van der Waals surface area contributed by atoms with Crippen LogP contribution in [-0.2, 0) is 0 Å². The lowest BCUT2D eigenvalue weighted by atomic mass is 10.1. The summed E-state index contributed by atoms with van der Waals surface area (Å²) in [4.78, 5) is 16.9. The molecule has 0 unspecified atom stereocenters. The minimum Gasteiger partial charge on any atom is -0.494 e. The molecule has 0 aliphatic carbocycles. The molecule has 3 aromatic rings. The Balaban J connectivity index is 0.00000225. The molecular formula is C19H21BrN2O2S. The Bertz CT molecular complexity index is 875. The van der Waals surface area contributed by atoms with Gasteiger partial charge in [-0.25, -0.2) is 4.98 Å². The van der Waals surface area contributed by atoms with Gasteiger partial charge in [-0.1, -0.05) is 17.4 Å². The van der Waals surface area contributed by atoms with Crippen LogP contribution in [0.4, 0.5) is 5.13 Å². The molecule has 0 fully saturated rings. The largest absolute Gasteiger partial charge is 0.494 e. The normalized spacial score (nSPS) is 10.4. The highest BCUT2D eigenvalue weighted by atomic mass is 79.9. The lowest BCUT2D eigenvalue weighted by molar-refractivity contribution is 0.101. The van der Waals surface area contributed by atoms with Crippen LogP contribution in [0, 0.1) is 13.8 Å². The quantitative estimate of drug-likeness (QED) is 0.557. The average Bonchev–Trinajstić information content (AvgIpc) is 3.01. The number of thiazole rings is 1. The van der Waals surface area contributed by atoms with Crippen LogP contribution in [0.2, 0.25) is 0 Å². The molecule has 0 atom stereocenters. The molecule has 0 aliphatic heterocycles. The number of nitrogens with one attached hydrogen (secondary N) is 1. The van der Waals surface area contributed by atoms with Crippen molar-refractivity contribution < 1.29 is 9.53 Å². The van der Waals surface area contributed by atoms with Crippen molar-refractivity contribution in [1.82, 2.24) is 4.98 Å². The molecule has 1 N–H and O–H groups in total. The van der Waals surface area contributed by atoms with Gasteiger partial charge in [0, 0.05) is 5.56 Å². The first-order chi connectivity index (χ1) is 11.6. The Hall–Kier alpha value is -1.92. The van der Waals surface area contributed by atoms with Crippen molar-refractivity contribution in [3.8, 4) is 5.75 Å². The van der Waals surface area contributed by atoms with Crippen LogP contribution in [0.15, 0.2) is 36.4 Å². The second-order valence-corrected chi connectivity index (χ2v) is 6.64. The van der Waals surface area contributed by atoms with Crippen molar-refractivity contribution in [3.63, 3.8) is 0 Å². The number of ketones is 1. The van der Waals surface area contributed by atoms with Gasteiger partial charge in [0.2, 0.25) is 0 Å². The van der Waals surface area contributed by atoms with E-state index in [1.807, 2.05) is 19.1 Å². The molecule has 4 nitrogen and oxygen atoms in total. The molecule has 1 heterocycles. The second kappa shape index (κ2) is 8.45. The molecule has 6 heteroatoms. The third kappa shape index (κ3) is 4.38. The van der Waals surface area contributed by atoms with E-state index in [1.54, 1.807) is 23.5 Å². The summed E-state index contributed by atoms with van der Waals surface area (Å²) in [5.41, 5.74) is 4.09. The van der Waals surface area contributed by atoms with Gasteiger partial charge in [-0.3, -0.25) is 4.79 Å². The number of ether oxygens (including phenoxy) is 1. The fourth-order valence-corrected chi connectivity index (χ4v) is 3.38. The number of anilines is 1. The molecule has 0 saturated carbocycles. The maximum absolute atomic E-state index is 12.3. The van der Waals surface area contributed by atoms with E-state index in [0.29, 0.717) is 12.2 Å². The predicted octanol–water partition coefficient (Wildman–Crippen LogP) is 5.18. The number of aromatic nitrogens is 1. The average molecular weight is 421 g/mol. The summed E-state index contributed by atoms with van der Waals surface area (Å²) >= 11 is 1.57. The van der Waals surface area contributed by atoms with E-state index in [4.69, 9.17) is 4.74 Å². The van der Waals surface area contributed by atoms with Crippen molar-refractivity contribution in [1.29, 1.82) is 0 Å². The zero-order chi connectivity index (χ0) is 17.1. The summed E-state index contributed by atoms with van der Waals surface area (Å²) in [5.74, 6) is 0.809. The summed E-state index contributed by atoms with van der Waals surface area (Å²) in [7, 11) is 0. The summed E-state index contributed by atoms with van der Waals surface area (Å²) in [5, 5.41) is 3.92. The van der Waals surface area contributed by atoms with Crippen LogP contribution in [0.25, 0.3) is 10.2 Å². The molecule has 0 radical (unpaired) electrons. The maximum Gasteiger partial charge on any atom is 0.184 e. The number of aryl methyl sites for hydroxylation is 2. The van der Waals surface area contributed by atoms with Gasteiger partial charge >= 0.3 is 0 Å². The van der Waals surface area contributed by atoms with Crippen molar-refractivity contribution in [2.75, 3.05) is 18.5 Å². The van der Waals surface area contributed by atoms with E-state index in [9.17, 15) is 4.79 Å². The van der Waals surface area contributed by atoms with Gasteiger partial charge in [0.25, 0.3) is 0 Å². The Morgan fingerprint density at radius 3 is 2.56 bits per heavy atom. The molecule has 3 rings (SSSR count). The van der Waals surface area contributed by atoms with E-state index in [1.165, 1.54) is 11.1 Å². The fraction of sp³-hybridized carbons (Fsp3) is 0.263. The molecule has 0 saturated heterocycles. The van der Waals surface area contributed by atoms with Gasteiger partial charge in [0.1, 0.15) is 5.75 Å². The van der Waals surface area contributed by atoms with Gasteiger partial charge in [-0.05, 0) is 62.2 Å². The molecule has 0 amide bonds. The van der Waals surface area contributed by atoms with Gasteiger partial charge in [-0.2, -0.15) is 0 Å². The minimum absolute atomic E-state index is 0. The SMILES string of the molecule is Br.CCOc1ccc(C(=O)CNc2nc3c(C)c(C)ccc3s2)cc1. The summed E-state index contributed by atoms with van der Waals surface area (Å²) in [6.45, 7) is 6.93. The monoisotopic (exact) mass is 420 g/mol. The number of carbonyl (C=O) groups excluding carboxylic acids is 1. The molecule has 1 aromatic heterocycles. The van der Waals surface area contributed by atoms with Gasteiger partial charge in [-0.15, -0.1) is 17.0 Å². The first-order valence-corrected chi connectivity index (χ1v) is 8.77. The number of carbonyl (C=O) groups is 1. The number of rotatable bonds is 6. The van der Waals surface area contributed by atoms with Crippen molar-refractivity contribution in [2.24, 2.45) is 0 Å². The molecular weight excluding hydrogens is 400 g/mol. The smallest absolute Gasteiger partial charge is 0.184 e. The molecule has 0 bridgehead atoms. The molecule has 0 aliphatic rings. The number of hydrogen-bond donors (Lipinski definition) is 1. The fourth-order valence-electron chi connectivity index (χ4n) is 2.46. The number of halogens is 1. The third-order valence-electron chi connectivity index (χ3n) is 3.97. The Labute approximate surface area is 162 Å². The number of nitrogens with zero attached hydrogens (tertiary/aromatic N) is 1. The van der Waals surface area contributed by atoms with E-state index >= 15 is 0 Å². The zero-order valence-corrected chi connectivity index (χ0v) is 17.0. The Morgan fingerprint density at radius 1 is 1.16 bits per heavy atom. The van der Waals surface area contributed by atoms with Crippen LogP contribution in [0.3, 0.4) is 0 Å². The number of benzene rings is 2. The van der Waals surface area contributed by atoms with Crippen LogP contribution in [0.5, 0.6) is 5.75 Å². The van der Waals surface area contributed by atoms with E-state index in [0.717, 1.165) is 21.1 Å². The van der Waals surface area contributed by atoms with Gasteiger partial charge in [0.15, 0.2) is 10.9 Å². The van der Waals surface area contributed by atoms with E-state index < -0.39 is 0 Å². The first-order valence-electron chi connectivity index (χ1n) is 7.95. The lowest BCUT2D eigenvalue weighted by Gasteiger charge is -2.05. The van der Waals surface area contributed by atoms with Crippen molar-refractivity contribution in [3.05, 3.63) is 53.1 Å². The Morgan fingerprint density at radius 2 is 1.88 bits per heavy atom. The number of hydrogen-bond acceptors (Lipinski definition) is 5. The topological polar surface area (TPSA) is 51.2 Å². The summed E-state index contributed by atoms with van der Waals surface area (Å²) in [6, 6.07) is 11.4. The molecule has 25 heavy (non-hydrogen) atoms. The maximum atomic E-state index is 12.3. The predicted molar refractivity (Wildman–Crippen MR) is 110 cm³/mol. The Kier molecular flexibility index (Phi) is 6.56. The lowest BCUT2D eigenvalue weighted by Crippen LogP contribution is -2.13. The van der Waals surface area contributed by atoms with Crippen molar-refractivity contribution in [2.45, 2.75) is 20.8 Å². The van der Waals surface area contributed by atoms with Crippen LogP contribution in [-0.4, -0.2) is 23.9 Å². The standard InChI is InChI=1S/C19H20N2O2S.BrH/c1-4-23-15-8-6-14(7-9-15)16(22)11-20-19-21-18-13(3)12(2)5-10-17(18)24-19;/h5-10H,4,11H2,1-3H3,(H,20,21);1H. The highest BCUT2D eigenvalue weighted by Crippen LogP contribution is 2.29. The van der Waals surface area contributed by atoms with Crippen LogP contribution in [0.1, 0.15) is 28.4 Å². The highest BCUT2D eigenvalue weighted by molar-refractivity contribution is 8.93. The van der Waals surface area contributed by atoms with Crippen LogP contribution < -0.4 is 10.1 Å². The van der Waals surface area contributed by atoms with Gasteiger partial charge < -0.3 is 10.1 Å². The summed E-state index contributed by atoms with van der Waals surface area (Å²) in [6.07, 6.45) is 0. The first kappa shape index (κ1) is 19.4. The molecule has 132 valence electrons. The van der Waals surface area contributed by atoms with E-state index in [2.05, 4.69) is 36.3 Å². The highest BCUT2D eigenvalue weighted by Gasteiger charge is 2.10. The minimum atomic E-state index is 0. The van der Waals surface area contributed by atoms with Gasteiger partial charge in [0.05, 0.1) is 23.4 Å². The second-order valence-electron chi connectivity index (χ2n) is 5.61. The number of fused-ring (bicyclic) bond motifs is 1. The van der Waals surface area contributed by atoms with Crippen molar-refractivity contribution >= 4 is 49.4 Å². The van der Waals surface area contributed by atoms with E-state index in [-0.39, 0.29) is 29.3 Å². The number of Topliss-reactive ketones (excluding diaryl/α,β-unsaturated/α-hetero) is 1. The third-order valence-corrected chi connectivity index (χ3v) is 4.95. The summed E-state index contributed by atoms with van der Waals surface area (Å²) < 4.78 is 6.52. The molecule has 2 aromatic carbocycles. The zero-order valence-electron chi connectivity index (χ0n) is 14.5. The molecule has 0 spiro atoms. The van der Waals surface area contributed by atoms with Crippen LogP contribution >= 0.6 is 28.3 Å².